The topological polar surface area (TPSA) is 51.7 Å². The maximum absolute atomic E-state index is 12.0. The number of nitrogens with zero attached hydrogens (tertiary/aromatic N) is 2. The van der Waals surface area contributed by atoms with Crippen LogP contribution in [0.5, 0.6) is 0 Å². The molecule has 0 bridgehead atoms. The van der Waals surface area contributed by atoms with Crippen molar-refractivity contribution in [2.45, 2.75) is 31.3 Å². The minimum Gasteiger partial charge on any atom is -0.381 e. The smallest absolute Gasteiger partial charge is 0.227 e. The molecule has 0 spiro atoms. The third-order valence-corrected chi connectivity index (χ3v) is 6.14. The highest BCUT2D eigenvalue weighted by Crippen LogP contribution is 2.39. The molecular formula is C19H22N2O3S. The molecule has 1 aromatic carbocycles. The summed E-state index contributed by atoms with van der Waals surface area (Å²) >= 11 is 1.64. The largest absolute Gasteiger partial charge is 0.381 e. The Kier molecular flexibility index (Phi) is 4.58. The number of aromatic nitrogens is 1. The van der Waals surface area contributed by atoms with Crippen molar-refractivity contribution in [2.24, 2.45) is 0 Å². The lowest BCUT2D eigenvalue weighted by Crippen LogP contribution is -2.35. The summed E-state index contributed by atoms with van der Waals surface area (Å²) in [5.74, 6) is 0.205. The quantitative estimate of drug-likeness (QED) is 0.838. The van der Waals surface area contributed by atoms with Gasteiger partial charge in [0.15, 0.2) is 0 Å². The van der Waals surface area contributed by atoms with Crippen LogP contribution in [-0.2, 0) is 19.9 Å². The molecule has 0 atom stereocenters. The number of rotatable bonds is 4. The summed E-state index contributed by atoms with van der Waals surface area (Å²) in [6.45, 7) is 2.21. The average Bonchev–Trinajstić information content (AvgIpc) is 3.32. The lowest BCUT2D eigenvalue weighted by Gasteiger charge is -2.33. The van der Waals surface area contributed by atoms with Gasteiger partial charge in [0.1, 0.15) is 10.6 Å². The molecule has 1 aromatic heterocycles. The van der Waals surface area contributed by atoms with E-state index < -0.39 is 0 Å². The van der Waals surface area contributed by atoms with Crippen molar-refractivity contribution < 1.29 is 14.3 Å². The summed E-state index contributed by atoms with van der Waals surface area (Å²) in [5, 5.41) is 3.09. The Morgan fingerprint density at radius 1 is 1.32 bits per heavy atom. The van der Waals surface area contributed by atoms with E-state index in [1.165, 1.54) is 0 Å². The average molecular weight is 358 g/mol. The number of hydrogen-bond donors (Lipinski definition) is 0. The van der Waals surface area contributed by atoms with Crippen LogP contribution in [0.3, 0.4) is 0 Å². The van der Waals surface area contributed by atoms with Gasteiger partial charge in [0, 0.05) is 62.8 Å². The fraction of sp³-hybridized carbons (Fsp3) is 0.474. The molecular weight excluding hydrogens is 336 g/mol. The molecule has 0 unspecified atom stereocenters. The van der Waals surface area contributed by atoms with Crippen LogP contribution < -0.4 is 4.90 Å². The van der Waals surface area contributed by atoms with Crippen LogP contribution in [0.2, 0.25) is 0 Å². The van der Waals surface area contributed by atoms with Crippen molar-refractivity contribution in [2.75, 3.05) is 31.8 Å². The van der Waals surface area contributed by atoms with Crippen molar-refractivity contribution in [1.29, 1.82) is 0 Å². The van der Waals surface area contributed by atoms with E-state index in [-0.39, 0.29) is 11.5 Å². The molecule has 4 rings (SSSR count). The SMILES string of the molecule is COC1(c2nc(-c3cccc(N4CCCC4=O)c3)cs2)CCOCC1. The molecule has 0 radical (unpaired) electrons. The number of thiazole rings is 1. The van der Waals surface area contributed by atoms with Gasteiger partial charge in [-0.25, -0.2) is 4.98 Å². The number of amides is 1. The van der Waals surface area contributed by atoms with E-state index in [1.54, 1.807) is 18.4 Å². The minimum absolute atomic E-state index is 0.205. The summed E-state index contributed by atoms with van der Waals surface area (Å²) in [6, 6.07) is 8.10. The maximum Gasteiger partial charge on any atom is 0.227 e. The Labute approximate surface area is 151 Å². The molecule has 2 saturated heterocycles. The summed E-state index contributed by atoms with van der Waals surface area (Å²) in [4.78, 5) is 18.7. The monoisotopic (exact) mass is 358 g/mol. The Morgan fingerprint density at radius 3 is 2.88 bits per heavy atom. The maximum atomic E-state index is 12.0. The van der Waals surface area contributed by atoms with E-state index in [0.717, 1.165) is 47.8 Å². The van der Waals surface area contributed by atoms with Gasteiger partial charge >= 0.3 is 0 Å². The fourth-order valence-electron chi connectivity index (χ4n) is 3.58. The number of carbonyl (C=O) groups is 1. The highest BCUT2D eigenvalue weighted by molar-refractivity contribution is 7.10. The van der Waals surface area contributed by atoms with E-state index in [0.29, 0.717) is 19.6 Å². The van der Waals surface area contributed by atoms with Gasteiger partial charge in [0.25, 0.3) is 0 Å². The summed E-state index contributed by atoms with van der Waals surface area (Å²) in [5.41, 5.74) is 2.61. The first-order chi connectivity index (χ1) is 12.2. The molecule has 0 aliphatic carbocycles. The number of carbonyl (C=O) groups excluding carboxylic acids is 1. The summed E-state index contributed by atoms with van der Waals surface area (Å²) in [7, 11) is 1.76. The van der Waals surface area contributed by atoms with Crippen LogP contribution >= 0.6 is 11.3 Å². The Balaban J connectivity index is 1.63. The first-order valence-electron chi connectivity index (χ1n) is 8.72. The predicted molar refractivity (Wildman–Crippen MR) is 97.9 cm³/mol. The van der Waals surface area contributed by atoms with E-state index in [2.05, 4.69) is 11.4 Å². The zero-order valence-electron chi connectivity index (χ0n) is 14.4. The highest BCUT2D eigenvalue weighted by atomic mass is 32.1. The molecule has 0 N–H and O–H groups in total. The van der Waals surface area contributed by atoms with Gasteiger partial charge in [-0.15, -0.1) is 11.3 Å². The Hall–Kier alpha value is -1.76. The van der Waals surface area contributed by atoms with Crippen LogP contribution in [0.25, 0.3) is 11.3 Å². The van der Waals surface area contributed by atoms with Crippen LogP contribution in [0.15, 0.2) is 29.6 Å². The van der Waals surface area contributed by atoms with Crippen molar-refractivity contribution in [3.05, 3.63) is 34.7 Å². The number of hydrogen-bond acceptors (Lipinski definition) is 5. The first-order valence-corrected chi connectivity index (χ1v) is 9.59. The first kappa shape index (κ1) is 16.7. The molecule has 6 heteroatoms. The normalized spacial score (nSPS) is 20.2. The van der Waals surface area contributed by atoms with Crippen molar-refractivity contribution >= 4 is 22.9 Å². The van der Waals surface area contributed by atoms with Gasteiger partial charge in [-0.2, -0.15) is 0 Å². The lowest BCUT2D eigenvalue weighted by molar-refractivity contribution is -0.117. The van der Waals surface area contributed by atoms with Crippen molar-refractivity contribution in [3.8, 4) is 11.3 Å². The van der Waals surface area contributed by atoms with Crippen LogP contribution in [0, 0.1) is 0 Å². The number of benzene rings is 1. The molecule has 3 heterocycles. The van der Waals surface area contributed by atoms with Crippen LogP contribution in [0.4, 0.5) is 5.69 Å². The molecule has 2 fully saturated rings. The van der Waals surface area contributed by atoms with E-state index in [1.807, 2.05) is 23.1 Å². The third kappa shape index (κ3) is 3.10. The number of anilines is 1. The molecule has 5 nitrogen and oxygen atoms in total. The molecule has 25 heavy (non-hydrogen) atoms. The predicted octanol–water partition coefficient (Wildman–Crippen LogP) is 3.59. The summed E-state index contributed by atoms with van der Waals surface area (Å²) < 4.78 is 11.3. The van der Waals surface area contributed by atoms with Crippen molar-refractivity contribution in [1.82, 2.24) is 4.98 Å². The highest BCUT2D eigenvalue weighted by Gasteiger charge is 2.37. The second kappa shape index (κ2) is 6.86. The molecule has 2 aromatic rings. The fourth-order valence-corrected chi connectivity index (χ4v) is 4.64. The van der Waals surface area contributed by atoms with Crippen LogP contribution in [0.1, 0.15) is 30.7 Å². The van der Waals surface area contributed by atoms with Gasteiger partial charge in [-0.3, -0.25) is 4.79 Å². The zero-order chi connectivity index (χ0) is 17.3. The van der Waals surface area contributed by atoms with Gasteiger partial charge in [-0.1, -0.05) is 12.1 Å². The summed E-state index contributed by atoms with van der Waals surface area (Å²) in [6.07, 6.45) is 3.24. The van der Waals surface area contributed by atoms with Gasteiger partial charge in [0.2, 0.25) is 5.91 Å². The van der Waals surface area contributed by atoms with E-state index >= 15 is 0 Å². The van der Waals surface area contributed by atoms with E-state index in [4.69, 9.17) is 14.5 Å². The number of methoxy groups -OCH3 is 1. The standard InChI is InChI=1S/C19H22N2O3S/c1-23-19(7-10-24-11-8-19)18-20-16(13-25-18)14-4-2-5-15(12-14)21-9-3-6-17(21)22/h2,4-5,12-13H,3,6-11H2,1H3. The second-order valence-corrected chi connectivity index (χ2v) is 7.41. The van der Waals surface area contributed by atoms with E-state index in [9.17, 15) is 4.79 Å². The van der Waals surface area contributed by atoms with Crippen LogP contribution in [-0.4, -0.2) is 37.8 Å². The molecule has 2 aliphatic heterocycles. The molecule has 132 valence electrons. The molecule has 2 aliphatic rings. The number of ether oxygens (including phenoxy) is 2. The van der Waals surface area contributed by atoms with Crippen molar-refractivity contribution in [3.63, 3.8) is 0 Å². The molecule has 0 saturated carbocycles. The lowest BCUT2D eigenvalue weighted by atomic mass is 9.95. The zero-order valence-corrected chi connectivity index (χ0v) is 15.2. The minimum atomic E-state index is -0.330. The van der Waals surface area contributed by atoms with Gasteiger partial charge < -0.3 is 14.4 Å². The Morgan fingerprint density at radius 2 is 2.16 bits per heavy atom. The van der Waals surface area contributed by atoms with Gasteiger partial charge in [0.05, 0.1) is 5.69 Å². The Bertz CT molecular complexity index is 768. The van der Waals surface area contributed by atoms with Gasteiger partial charge in [-0.05, 0) is 18.6 Å². The third-order valence-electron chi connectivity index (χ3n) is 5.11. The molecule has 1 amide bonds. The second-order valence-electron chi connectivity index (χ2n) is 6.55.